The second-order valence-corrected chi connectivity index (χ2v) is 11.0. The van der Waals surface area contributed by atoms with E-state index in [0.29, 0.717) is 54.1 Å². The maximum Gasteiger partial charge on any atom is 0.410 e. The Bertz CT molecular complexity index is 1380. The molecule has 0 fully saturated rings. The molecule has 41 heavy (non-hydrogen) atoms. The molecule has 0 saturated heterocycles. The maximum absolute atomic E-state index is 12.6. The lowest BCUT2D eigenvalue weighted by Crippen LogP contribution is -2.41. The SMILES string of the molecule is CCc1c(CO)cccc1Nc1c(C(N)=O)cnc2cc(OCCCN(C(=O)OC(C)(C)C)C(C)C)c(OC)cc12. The lowest BCUT2D eigenvalue weighted by molar-refractivity contribution is 0.0182. The van der Waals surface area contributed by atoms with Crippen molar-refractivity contribution in [1.82, 2.24) is 9.88 Å². The van der Waals surface area contributed by atoms with E-state index >= 15 is 0 Å². The van der Waals surface area contributed by atoms with Crippen LogP contribution in [0.2, 0.25) is 0 Å². The molecule has 0 aliphatic rings. The van der Waals surface area contributed by atoms with Gasteiger partial charge in [-0.25, -0.2) is 4.79 Å². The minimum Gasteiger partial charge on any atom is -0.493 e. The Kier molecular flexibility index (Phi) is 10.4. The highest BCUT2D eigenvalue weighted by atomic mass is 16.6. The van der Waals surface area contributed by atoms with Crippen molar-refractivity contribution in [3.05, 3.63) is 53.2 Å². The summed E-state index contributed by atoms with van der Waals surface area (Å²) >= 11 is 0. The van der Waals surface area contributed by atoms with Gasteiger partial charge in [0.15, 0.2) is 11.5 Å². The highest BCUT2D eigenvalue weighted by Gasteiger charge is 2.24. The summed E-state index contributed by atoms with van der Waals surface area (Å²) in [5, 5.41) is 13.8. The van der Waals surface area contributed by atoms with Crippen molar-refractivity contribution in [3.63, 3.8) is 0 Å². The number of nitrogens with one attached hydrogen (secondary N) is 1. The van der Waals surface area contributed by atoms with Crippen LogP contribution in [0.4, 0.5) is 16.2 Å². The predicted molar refractivity (Wildman–Crippen MR) is 160 cm³/mol. The standard InChI is InChI=1S/C31H42N4O6/c1-8-21-20(18-36)11-9-12-24(21)34-28-22-15-26(39-7)27(16-25(22)33-17-23(28)29(32)37)40-14-10-13-35(19(2)3)30(38)41-31(4,5)6/h9,11-12,15-17,19,36H,8,10,13-14,18H2,1-7H3,(H2,32,37)(H,33,34). The summed E-state index contributed by atoms with van der Waals surface area (Å²) in [6.07, 6.45) is 2.32. The lowest BCUT2D eigenvalue weighted by Gasteiger charge is -2.30. The number of carbonyl (C=O) groups is 2. The fourth-order valence-corrected chi connectivity index (χ4v) is 4.54. The summed E-state index contributed by atoms with van der Waals surface area (Å²) in [5.41, 5.74) is 8.91. The van der Waals surface area contributed by atoms with Crippen LogP contribution in [0.25, 0.3) is 10.9 Å². The molecular formula is C31H42N4O6. The first-order chi connectivity index (χ1) is 19.4. The molecule has 2 amide bonds. The quantitative estimate of drug-likeness (QED) is 0.243. The van der Waals surface area contributed by atoms with Gasteiger partial charge in [-0.2, -0.15) is 0 Å². The number of nitrogens with two attached hydrogens (primary N) is 1. The number of benzene rings is 2. The zero-order valence-corrected chi connectivity index (χ0v) is 25.0. The van der Waals surface area contributed by atoms with Gasteiger partial charge in [0.2, 0.25) is 0 Å². The van der Waals surface area contributed by atoms with Gasteiger partial charge in [-0.1, -0.05) is 19.1 Å². The molecule has 2 aromatic carbocycles. The van der Waals surface area contributed by atoms with E-state index in [0.717, 1.165) is 16.8 Å². The van der Waals surface area contributed by atoms with E-state index in [1.807, 2.05) is 59.7 Å². The molecular weight excluding hydrogens is 524 g/mol. The van der Waals surface area contributed by atoms with Crippen LogP contribution in [0.1, 0.15) is 69.4 Å². The third kappa shape index (κ3) is 7.79. The molecule has 4 N–H and O–H groups in total. The normalized spacial score (nSPS) is 11.4. The number of carbonyl (C=O) groups excluding carboxylic acids is 2. The van der Waals surface area contributed by atoms with Crippen LogP contribution in [-0.4, -0.2) is 58.9 Å². The Labute approximate surface area is 241 Å². The molecule has 0 aliphatic heterocycles. The summed E-state index contributed by atoms with van der Waals surface area (Å²) < 4.78 is 17.2. The minimum atomic E-state index is -0.628. The topological polar surface area (TPSA) is 136 Å². The van der Waals surface area contributed by atoms with Crippen LogP contribution in [0.3, 0.4) is 0 Å². The van der Waals surface area contributed by atoms with E-state index < -0.39 is 11.5 Å². The van der Waals surface area contributed by atoms with Crippen LogP contribution in [-0.2, 0) is 17.8 Å². The van der Waals surface area contributed by atoms with Crippen LogP contribution in [0.15, 0.2) is 36.5 Å². The summed E-state index contributed by atoms with van der Waals surface area (Å²) in [5.74, 6) is 0.309. The van der Waals surface area contributed by atoms with Crippen LogP contribution >= 0.6 is 0 Å². The minimum absolute atomic E-state index is 0.0269. The number of methoxy groups -OCH3 is 1. The molecule has 10 nitrogen and oxygen atoms in total. The van der Waals surface area contributed by atoms with Crippen molar-refractivity contribution in [3.8, 4) is 11.5 Å². The molecule has 0 atom stereocenters. The van der Waals surface area contributed by atoms with E-state index in [1.165, 1.54) is 13.3 Å². The third-order valence-electron chi connectivity index (χ3n) is 6.53. The fraction of sp³-hybridized carbons (Fsp3) is 0.452. The Balaban J connectivity index is 1.89. The summed E-state index contributed by atoms with van der Waals surface area (Å²) in [4.78, 5) is 31.1. The van der Waals surface area contributed by atoms with Gasteiger partial charge in [-0.15, -0.1) is 0 Å². The molecule has 1 heterocycles. The molecule has 0 spiro atoms. The number of anilines is 2. The van der Waals surface area contributed by atoms with Gasteiger partial charge in [0.1, 0.15) is 5.60 Å². The first-order valence-electron chi connectivity index (χ1n) is 13.8. The molecule has 222 valence electrons. The largest absolute Gasteiger partial charge is 0.493 e. The van der Waals surface area contributed by atoms with E-state index in [4.69, 9.17) is 19.9 Å². The van der Waals surface area contributed by atoms with Gasteiger partial charge in [-0.3, -0.25) is 9.78 Å². The number of aliphatic hydroxyl groups is 1. The number of ether oxygens (including phenoxy) is 3. The second-order valence-electron chi connectivity index (χ2n) is 11.0. The highest BCUT2D eigenvalue weighted by Crippen LogP contribution is 2.38. The van der Waals surface area contributed by atoms with Crippen molar-refractivity contribution in [2.24, 2.45) is 5.73 Å². The number of hydrogen-bond donors (Lipinski definition) is 3. The zero-order valence-electron chi connectivity index (χ0n) is 25.0. The molecule has 1 aromatic heterocycles. The number of amides is 2. The van der Waals surface area contributed by atoms with Gasteiger partial charge in [-0.05, 0) is 70.7 Å². The number of fused-ring (bicyclic) bond motifs is 1. The van der Waals surface area contributed by atoms with Gasteiger partial charge in [0.25, 0.3) is 5.91 Å². The maximum atomic E-state index is 12.6. The van der Waals surface area contributed by atoms with Gasteiger partial charge < -0.3 is 35.3 Å². The monoisotopic (exact) mass is 566 g/mol. The van der Waals surface area contributed by atoms with E-state index in [2.05, 4.69) is 10.3 Å². The molecule has 0 bridgehead atoms. The Hall–Kier alpha value is -4.05. The van der Waals surface area contributed by atoms with E-state index in [1.54, 1.807) is 17.0 Å². The molecule has 0 saturated carbocycles. The number of pyridine rings is 1. The average molecular weight is 567 g/mol. The van der Waals surface area contributed by atoms with Crippen molar-refractivity contribution in [2.45, 2.75) is 72.6 Å². The zero-order chi connectivity index (χ0) is 30.3. The molecule has 10 heteroatoms. The number of rotatable bonds is 12. The fourth-order valence-electron chi connectivity index (χ4n) is 4.54. The molecule has 3 aromatic rings. The average Bonchev–Trinajstić information content (AvgIpc) is 2.90. The first kappa shape index (κ1) is 31.5. The first-order valence-corrected chi connectivity index (χ1v) is 13.8. The Morgan fingerprint density at radius 3 is 2.49 bits per heavy atom. The van der Waals surface area contributed by atoms with Gasteiger partial charge in [0, 0.05) is 35.9 Å². The highest BCUT2D eigenvalue weighted by molar-refractivity contribution is 6.08. The summed E-state index contributed by atoms with van der Waals surface area (Å²) in [6.45, 7) is 12.1. The number of hydrogen-bond acceptors (Lipinski definition) is 8. The third-order valence-corrected chi connectivity index (χ3v) is 6.53. The molecule has 0 radical (unpaired) electrons. The van der Waals surface area contributed by atoms with Crippen molar-refractivity contribution in [1.29, 1.82) is 0 Å². The lowest BCUT2D eigenvalue weighted by atomic mass is 10.0. The summed E-state index contributed by atoms with van der Waals surface area (Å²) in [7, 11) is 1.54. The van der Waals surface area contributed by atoms with Crippen molar-refractivity contribution in [2.75, 3.05) is 25.6 Å². The Morgan fingerprint density at radius 2 is 1.90 bits per heavy atom. The predicted octanol–water partition coefficient (Wildman–Crippen LogP) is 5.56. The molecule has 0 aliphatic carbocycles. The number of primary amides is 1. The van der Waals surface area contributed by atoms with Crippen molar-refractivity contribution >= 4 is 34.3 Å². The summed E-state index contributed by atoms with van der Waals surface area (Å²) in [6, 6.07) is 9.08. The second kappa shape index (κ2) is 13.5. The molecule has 3 rings (SSSR count). The number of nitrogens with zero attached hydrogens (tertiary/aromatic N) is 2. The van der Waals surface area contributed by atoms with E-state index in [9.17, 15) is 14.7 Å². The Morgan fingerprint density at radius 1 is 1.17 bits per heavy atom. The van der Waals surface area contributed by atoms with Gasteiger partial charge in [0.05, 0.1) is 37.1 Å². The van der Waals surface area contributed by atoms with Gasteiger partial charge >= 0.3 is 6.09 Å². The van der Waals surface area contributed by atoms with E-state index in [-0.39, 0.29) is 24.3 Å². The number of aromatic nitrogens is 1. The molecule has 0 unspecified atom stereocenters. The van der Waals surface area contributed by atoms with Crippen LogP contribution < -0.4 is 20.5 Å². The van der Waals surface area contributed by atoms with Crippen LogP contribution in [0, 0.1) is 0 Å². The van der Waals surface area contributed by atoms with Crippen LogP contribution in [0.5, 0.6) is 11.5 Å². The smallest absolute Gasteiger partial charge is 0.410 e. The van der Waals surface area contributed by atoms with Crippen molar-refractivity contribution < 1.29 is 28.9 Å². The number of aliphatic hydroxyl groups excluding tert-OH is 1.